The second-order valence-electron chi connectivity index (χ2n) is 6.05. The Morgan fingerprint density at radius 3 is 2.32 bits per heavy atom. The molecule has 0 unspecified atom stereocenters. The summed E-state index contributed by atoms with van der Waals surface area (Å²) in [5, 5.41) is 2.72. The predicted molar refractivity (Wildman–Crippen MR) is 96.7 cm³/mol. The van der Waals surface area contributed by atoms with Crippen LogP contribution < -0.4 is 10.1 Å². The lowest BCUT2D eigenvalue weighted by molar-refractivity contribution is -0.118. The maximum absolute atomic E-state index is 11.9. The van der Waals surface area contributed by atoms with Crippen LogP contribution in [-0.4, -0.2) is 25.1 Å². The quantitative estimate of drug-likeness (QED) is 0.740. The fourth-order valence-corrected chi connectivity index (χ4v) is 2.02. The first-order chi connectivity index (χ1) is 12.0. The number of esters is 1. The number of hydrogen-bond donors (Lipinski definition) is 1. The van der Waals surface area contributed by atoms with E-state index in [1.54, 1.807) is 36.4 Å². The number of nitrogens with one attached hydrogen (secondary N) is 1. The van der Waals surface area contributed by atoms with Crippen molar-refractivity contribution < 1.29 is 19.1 Å². The lowest BCUT2D eigenvalue weighted by atomic mass is 10.1. The minimum atomic E-state index is -0.356. The summed E-state index contributed by atoms with van der Waals surface area (Å²) >= 11 is 0. The highest BCUT2D eigenvalue weighted by Crippen LogP contribution is 2.12. The third kappa shape index (κ3) is 6.67. The molecule has 0 fully saturated rings. The van der Waals surface area contributed by atoms with Crippen LogP contribution in [-0.2, 0) is 9.53 Å². The monoisotopic (exact) mass is 341 g/mol. The van der Waals surface area contributed by atoms with Crippen LogP contribution in [0, 0.1) is 5.92 Å². The molecule has 0 aromatic heterocycles. The lowest BCUT2D eigenvalue weighted by Crippen LogP contribution is -2.20. The van der Waals surface area contributed by atoms with E-state index in [1.807, 2.05) is 18.2 Å². The number of carbonyl (C=O) groups is 2. The van der Waals surface area contributed by atoms with E-state index < -0.39 is 0 Å². The van der Waals surface area contributed by atoms with Crippen molar-refractivity contribution in [3.05, 3.63) is 60.2 Å². The van der Waals surface area contributed by atoms with Crippen molar-refractivity contribution in [2.45, 2.75) is 20.3 Å². The Morgan fingerprint density at radius 1 is 1.00 bits per heavy atom. The van der Waals surface area contributed by atoms with E-state index in [4.69, 9.17) is 9.47 Å². The number of benzene rings is 2. The van der Waals surface area contributed by atoms with Gasteiger partial charge in [-0.1, -0.05) is 32.0 Å². The molecule has 132 valence electrons. The maximum Gasteiger partial charge on any atom is 0.338 e. The number of amides is 1. The number of carbonyl (C=O) groups excluding carboxylic acids is 2. The van der Waals surface area contributed by atoms with E-state index in [0.717, 1.165) is 6.42 Å². The largest absolute Gasteiger partial charge is 0.484 e. The van der Waals surface area contributed by atoms with Crippen LogP contribution in [0.15, 0.2) is 54.6 Å². The van der Waals surface area contributed by atoms with E-state index in [1.165, 1.54) is 0 Å². The van der Waals surface area contributed by atoms with Crippen molar-refractivity contribution in [1.29, 1.82) is 0 Å². The fourth-order valence-electron chi connectivity index (χ4n) is 2.02. The molecule has 5 heteroatoms. The van der Waals surface area contributed by atoms with Gasteiger partial charge in [-0.25, -0.2) is 4.79 Å². The van der Waals surface area contributed by atoms with Crippen molar-refractivity contribution in [2.24, 2.45) is 5.92 Å². The predicted octanol–water partition coefficient (Wildman–Crippen LogP) is 3.91. The first-order valence-corrected chi connectivity index (χ1v) is 8.29. The molecule has 25 heavy (non-hydrogen) atoms. The van der Waals surface area contributed by atoms with Crippen LogP contribution in [0.5, 0.6) is 5.75 Å². The summed E-state index contributed by atoms with van der Waals surface area (Å²) in [6.07, 6.45) is 0.835. The summed E-state index contributed by atoms with van der Waals surface area (Å²) in [7, 11) is 0. The van der Waals surface area contributed by atoms with Gasteiger partial charge in [0.25, 0.3) is 5.91 Å². The molecule has 0 aliphatic heterocycles. The number of hydrogen-bond acceptors (Lipinski definition) is 4. The highest BCUT2D eigenvalue weighted by atomic mass is 16.5. The second kappa shape index (κ2) is 9.47. The van der Waals surface area contributed by atoms with Crippen molar-refractivity contribution >= 4 is 17.6 Å². The smallest absolute Gasteiger partial charge is 0.338 e. The first kappa shape index (κ1) is 18.5. The molecule has 0 heterocycles. The molecule has 0 radical (unpaired) electrons. The van der Waals surface area contributed by atoms with Gasteiger partial charge in [0.05, 0.1) is 12.2 Å². The highest BCUT2D eigenvalue weighted by molar-refractivity contribution is 5.93. The summed E-state index contributed by atoms with van der Waals surface area (Å²) < 4.78 is 10.6. The number of rotatable bonds is 8. The van der Waals surface area contributed by atoms with Crippen LogP contribution in [0.2, 0.25) is 0 Å². The van der Waals surface area contributed by atoms with Crippen molar-refractivity contribution in [3.8, 4) is 5.75 Å². The molecule has 0 atom stereocenters. The highest BCUT2D eigenvalue weighted by Gasteiger charge is 2.09. The van der Waals surface area contributed by atoms with Gasteiger partial charge < -0.3 is 14.8 Å². The van der Waals surface area contributed by atoms with Crippen LogP contribution >= 0.6 is 0 Å². The molecule has 1 N–H and O–H groups in total. The van der Waals surface area contributed by atoms with Gasteiger partial charge in [0.15, 0.2) is 6.61 Å². The lowest BCUT2D eigenvalue weighted by Gasteiger charge is -2.09. The van der Waals surface area contributed by atoms with Crippen LogP contribution in [0.25, 0.3) is 0 Å². The molecular weight excluding hydrogens is 318 g/mol. The van der Waals surface area contributed by atoms with Gasteiger partial charge in [0.1, 0.15) is 5.75 Å². The van der Waals surface area contributed by atoms with Gasteiger partial charge in [-0.2, -0.15) is 0 Å². The minimum absolute atomic E-state index is 0.0803. The third-order valence-corrected chi connectivity index (χ3v) is 3.45. The first-order valence-electron chi connectivity index (χ1n) is 8.29. The van der Waals surface area contributed by atoms with Gasteiger partial charge in [-0.15, -0.1) is 0 Å². The van der Waals surface area contributed by atoms with E-state index in [2.05, 4.69) is 19.2 Å². The molecule has 0 saturated carbocycles. The molecule has 0 spiro atoms. The standard InChI is InChI=1S/C20H23NO4/c1-15(2)12-13-24-20(23)16-8-10-17(11-9-16)21-19(22)14-25-18-6-4-3-5-7-18/h3-11,15H,12-14H2,1-2H3,(H,21,22). The maximum atomic E-state index is 11.9. The molecular formula is C20H23NO4. The zero-order valence-corrected chi connectivity index (χ0v) is 14.5. The normalized spacial score (nSPS) is 10.4. The van der Waals surface area contributed by atoms with Crippen molar-refractivity contribution in [1.82, 2.24) is 0 Å². The molecule has 1 amide bonds. The van der Waals surface area contributed by atoms with Gasteiger partial charge in [0, 0.05) is 5.69 Å². The Kier molecular flexibility index (Phi) is 7.01. The molecule has 0 aliphatic rings. The summed E-state index contributed by atoms with van der Waals surface area (Å²) in [6, 6.07) is 15.7. The van der Waals surface area contributed by atoms with Crippen LogP contribution in [0.1, 0.15) is 30.6 Å². The number of ether oxygens (including phenoxy) is 2. The zero-order chi connectivity index (χ0) is 18.1. The van der Waals surface area contributed by atoms with Gasteiger partial charge in [0.2, 0.25) is 0 Å². The Hall–Kier alpha value is -2.82. The van der Waals surface area contributed by atoms with E-state index in [-0.39, 0.29) is 18.5 Å². The molecule has 2 aromatic rings. The molecule has 2 rings (SSSR count). The van der Waals surface area contributed by atoms with Crippen LogP contribution in [0.4, 0.5) is 5.69 Å². The topological polar surface area (TPSA) is 64.6 Å². The van der Waals surface area contributed by atoms with Crippen molar-refractivity contribution in [2.75, 3.05) is 18.5 Å². The average molecular weight is 341 g/mol. The number of para-hydroxylation sites is 1. The summed E-state index contributed by atoms with van der Waals surface area (Å²) in [5.41, 5.74) is 1.06. The molecule has 0 bridgehead atoms. The summed E-state index contributed by atoms with van der Waals surface area (Å²) in [5.74, 6) is 0.502. The Labute approximate surface area is 148 Å². The zero-order valence-electron chi connectivity index (χ0n) is 14.5. The summed E-state index contributed by atoms with van der Waals surface area (Å²) in [4.78, 5) is 23.8. The molecule has 2 aromatic carbocycles. The fraction of sp³-hybridized carbons (Fsp3) is 0.300. The SMILES string of the molecule is CC(C)CCOC(=O)c1ccc(NC(=O)COc2ccccc2)cc1. The third-order valence-electron chi connectivity index (χ3n) is 3.45. The Bertz CT molecular complexity index is 681. The van der Waals surface area contributed by atoms with Crippen LogP contribution in [0.3, 0.4) is 0 Å². The minimum Gasteiger partial charge on any atom is -0.484 e. The Morgan fingerprint density at radius 2 is 1.68 bits per heavy atom. The average Bonchev–Trinajstić information content (AvgIpc) is 2.61. The van der Waals surface area contributed by atoms with E-state index >= 15 is 0 Å². The van der Waals surface area contributed by atoms with E-state index in [9.17, 15) is 9.59 Å². The van der Waals surface area contributed by atoms with Gasteiger partial charge in [-0.05, 0) is 48.7 Å². The summed E-state index contributed by atoms with van der Waals surface area (Å²) in [6.45, 7) is 4.48. The van der Waals surface area contributed by atoms with Gasteiger partial charge >= 0.3 is 5.97 Å². The molecule has 0 aliphatic carbocycles. The second-order valence-corrected chi connectivity index (χ2v) is 6.05. The Balaban J connectivity index is 1.79. The molecule has 0 saturated heterocycles. The number of anilines is 1. The van der Waals surface area contributed by atoms with Crippen molar-refractivity contribution in [3.63, 3.8) is 0 Å². The van der Waals surface area contributed by atoms with E-state index in [0.29, 0.717) is 29.5 Å². The van der Waals surface area contributed by atoms with Gasteiger partial charge in [-0.3, -0.25) is 4.79 Å². The molecule has 5 nitrogen and oxygen atoms in total.